The van der Waals surface area contributed by atoms with Crippen LogP contribution < -0.4 is 15.8 Å². The van der Waals surface area contributed by atoms with Crippen molar-refractivity contribution in [2.75, 3.05) is 25.0 Å². The topological polar surface area (TPSA) is 50.2 Å². The van der Waals surface area contributed by atoms with E-state index in [1.54, 1.807) is 10.9 Å². The Balaban J connectivity index is 1.88. The zero-order valence-electron chi connectivity index (χ0n) is 11.8. The van der Waals surface area contributed by atoms with Crippen molar-refractivity contribution in [3.63, 3.8) is 0 Å². The highest BCUT2D eigenvalue weighted by molar-refractivity contribution is 6.33. The molecule has 1 N–H and O–H groups in total. The second-order valence-corrected chi connectivity index (χ2v) is 6.25. The molecule has 0 radical (unpaired) electrons. The lowest BCUT2D eigenvalue weighted by atomic mass is 10.1. The molecule has 2 fully saturated rings. The van der Waals surface area contributed by atoms with Crippen LogP contribution in [-0.2, 0) is 6.54 Å². The fourth-order valence-corrected chi connectivity index (χ4v) is 3.08. The largest absolute Gasteiger partial charge is 0.364 e. The van der Waals surface area contributed by atoms with Gasteiger partial charge in [-0.2, -0.15) is 5.10 Å². The summed E-state index contributed by atoms with van der Waals surface area (Å²) in [6, 6.07) is 0.421. The van der Waals surface area contributed by atoms with Gasteiger partial charge in [-0.3, -0.25) is 4.79 Å². The maximum atomic E-state index is 12.6. The molecule has 20 heavy (non-hydrogen) atoms. The van der Waals surface area contributed by atoms with Gasteiger partial charge in [0.1, 0.15) is 5.69 Å². The number of aromatic nitrogens is 2. The molecule has 1 aliphatic heterocycles. The fraction of sp³-hybridized carbons (Fsp3) is 0.714. The van der Waals surface area contributed by atoms with E-state index >= 15 is 0 Å². The molecule has 1 aliphatic carbocycles. The van der Waals surface area contributed by atoms with Crippen molar-refractivity contribution in [3.8, 4) is 0 Å². The highest BCUT2D eigenvalue weighted by atomic mass is 35.5. The average molecular weight is 297 g/mol. The molecule has 1 atom stereocenters. The molecule has 2 aliphatic rings. The van der Waals surface area contributed by atoms with E-state index in [0.717, 1.165) is 32.5 Å². The zero-order chi connectivity index (χ0) is 14.1. The van der Waals surface area contributed by atoms with E-state index in [9.17, 15) is 4.79 Å². The molecular formula is C14H21ClN4O. The summed E-state index contributed by atoms with van der Waals surface area (Å²) in [6.07, 6.45) is 6.25. The maximum absolute atomic E-state index is 12.6. The van der Waals surface area contributed by atoms with Crippen LogP contribution in [0.15, 0.2) is 11.0 Å². The van der Waals surface area contributed by atoms with Crippen molar-refractivity contribution in [3.05, 3.63) is 21.6 Å². The quantitative estimate of drug-likeness (QED) is 0.915. The lowest BCUT2D eigenvalue weighted by Crippen LogP contribution is -2.47. The van der Waals surface area contributed by atoms with Crippen LogP contribution in [0.1, 0.15) is 25.7 Å². The summed E-state index contributed by atoms with van der Waals surface area (Å²) < 4.78 is 1.59. The second kappa shape index (κ2) is 5.74. The molecule has 0 spiro atoms. The number of halogens is 1. The molecule has 1 unspecified atom stereocenters. The molecule has 110 valence electrons. The molecule has 1 saturated carbocycles. The Hall–Kier alpha value is -1.07. The SMILES string of the molecule is CNC1CCCN(c2c(Cl)cnn(CC3CC3)c2=O)C1. The zero-order valence-corrected chi connectivity index (χ0v) is 12.6. The van der Waals surface area contributed by atoms with E-state index in [0.29, 0.717) is 22.7 Å². The van der Waals surface area contributed by atoms with Gasteiger partial charge in [0.15, 0.2) is 0 Å². The minimum absolute atomic E-state index is 0.0406. The third-order valence-electron chi connectivity index (χ3n) is 4.25. The molecular weight excluding hydrogens is 276 g/mol. The molecule has 0 bridgehead atoms. The molecule has 1 aromatic heterocycles. The maximum Gasteiger partial charge on any atom is 0.291 e. The van der Waals surface area contributed by atoms with Crippen LogP contribution in [0.2, 0.25) is 5.02 Å². The predicted molar refractivity (Wildman–Crippen MR) is 80.5 cm³/mol. The summed E-state index contributed by atoms with van der Waals surface area (Å²) in [5, 5.41) is 7.94. The van der Waals surface area contributed by atoms with Crippen molar-refractivity contribution < 1.29 is 0 Å². The van der Waals surface area contributed by atoms with Crippen molar-refractivity contribution >= 4 is 17.3 Å². The first-order valence-corrected chi connectivity index (χ1v) is 7.74. The lowest BCUT2D eigenvalue weighted by Gasteiger charge is -2.34. The number of hydrogen-bond acceptors (Lipinski definition) is 4. The molecule has 5 nitrogen and oxygen atoms in total. The van der Waals surface area contributed by atoms with Crippen LogP contribution in [0, 0.1) is 5.92 Å². The standard InChI is InChI=1S/C14H21ClN4O/c1-16-11-3-2-6-18(9-11)13-12(15)7-17-19(14(13)20)8-10-4-5-10/h7,10-11,16H,2-6,8-9H2,1H3. The Labute approximate surface area is 123 Å². The van der Waals surface area contributed by atoms with E-state index < -0.39 is 0 Å². The van der Waals surface area contributed by atoms with Gasteiger partial charge in [-0.25, -0.2) is 4.68 Å². The van der Waals surface area contributed by atoms with Crippen LogP contribution in [0.5, 0.6) is 0 Å². The summed E-state index contributed by atoms with van der Waals surface area (Å²) in [5.74, 6) is 0.626. The summed E-state index contributed by atoms with van der Waals surface area (Å²) in [4.78, 5) is 14.7. The Kier molecular flexibility index (Phi) is 3.98. The Bertz CT molecular complexity index is 540. The first-order chi connectivity index (χ1) is 9.69. The van der Waals surface area contributed by atoms with Crippen molar-refractivity contribution in [1.82, 2.24) is 15.1 Å². The molecule has 6 heteroatoms. The summed E-state index contributed by atoms with van der Waals surface area (Å²) in [6.45, 7) is 2.45. The highest BCUT2D eigenvalue weighted by Gasteiger charge is 2.26. The monoisotopic (exact) mass is 296 g/mol. The molecule has 0 amide bonds. The minimum Gasteiger partial charge on any atom is -0.364 e. The van der Waals surface area contributed by atoms with Gasteiger partial charge in [-0.05, 0) is 38.6 Å². The van der Waals surface area contributed by atoms with E-state index in [1.165, 1.54) is 12.8 Å². The number of nitrogens with zero attached hydrogens (tertiary/aromatic N) is 3. The van der Waals surface area contributed by atoms with E-state index in [4.69, 9.17) is 11.6 Å². The normalized spacial score (nSPS) is 23.1. The first-order valence-electron chi connectivity index (χ1n) is 7.37. The van der Waals surface area contributed by atoms with Gasteiger partial charge in [0.2, 0.25) is 0 Å². The summed E-state index contributed by atoms with van der Waals surface area (Å²) in [7, 11) is 1.97. The van der Waals surface area contributed by atoms with Gasteiger partial charge in [-0.1, -0.05) is 11.6 Å². The summed E-state index contributed by atoms with van der Waals surface area (Å²) >= 11 is 6.24. The third kappa shape index (κ3) is 2.83. The number of rotatable bonds is 4. The van der Waals surface area contributed by atoms with Crippen LogP contribution in [0.3, 0.4) is 0 Å². The predicted octanol–water partition coefficient (Wildman–Crippen LogP) is 1.49. The fourth-order valence-electron chi connectivity index (χ4n) is 2.84. The van der Waals surface area contributed by atoms with Gasteiger partial charge < -0.3 is 10.2 Å². The van der Waals surface area contributed by atoms with Gasteiger partial charge in [0.25, 0.3) is 5.56 Å². The highest BCUT2D eigenvalue weighted by Crippen LogP contribution is 2.30. The van der Waals surface area contributed by atoms with E-state index in [1.807, 2.05) is 7.05 Å². The third-order valence-corrected chi connectivity index (χ3v) is 4.52. The van der Waals surface area contributed by atoms with Crippen LogP contribution >= 0.6 is 11.6 Å². The van der Waals surface area contributed by atoms with Crippen molar-refractivity contribution in [2.45, 2.75) is 38.3 Å². The van der Waals surface area contributed by atoms with Gasteiger partial charge in [0, 0.05) is 25.7 Å². The molecule has 0 aromatic carbocycles. The molecule has 3 rings (SSSR count). The Morgan fingerprint density at radius 1 is 1.45 bits per heavy atom. The number of hydrogen-bond donors (Lipinski definition) is 1. The smallest absolute Gasteiger partial charge is 0.291 e. The van der Waals surface area contributed by atoms with E-state index in [-0.39, 0.29) is 5.56 Å². The Morgan fingerprint density at radius 2 is 2.25 bits per heavy atom. The van der Waals surface area contributed by atoms with Crippen LogP contribution in [0.4, 0.5) is 5.69 Å². The van der Waals surface area contributed by atoms with Gasteiger partial charge in [0.05, 0.1) is 11.2 Å². The van der Waals surface area contributed by atoms with Crippen molar-refractivity contribution in [1.29, 1.82) is 0 Å². The summed E-state index contributed by atoms with van der Waals surface area (Å²) in [5.41, 5.74) is 0.586. The van der Waals surface area contributed by atoms with Gasteiger partial charge in [-0.15, -0.1) is 0 Å². The molecule has 1 aromatic rings. The van der Waals surface area contributed by atoms with Crippen molar-refractivity contribution in [2.24, 2.45) is 5.92 Å². The number of likely N-dealkylation sites (N-methyl/N-ethyl adjacent to an activating group) is 1. The average Bonchev–Trinajstić information content (AvgIpc) is 3.26. The van der Waals surface area contributed by atoms with Crippen LogP contribution in [-0.4, -0.2) is 36.0 Å². The second-order valence-electron chi connectivity index (χ2n) is 5.85. The first kappa shape index (κ1) is 13.9. The van der Waals surface area contributed by atoms with E-state index in [2.05, 4.69) is 15.3 Å². The Morgan fingerprint density at radius 3 is 2.95 bits per heavy atom. The molecule has 1 saturated heterocycles. The lowest BCUT2D eigenvalue weighted by molar-refractivity contribution is 0.446. The number of nitrogens with one attached hydrogen (secondary N) is 1. The molecule has 2 heterocycles. The number of piperidine rings is 1. The number of anilines is 1. The van der Waals surface area contributed by atoms with Gasteiger partial charge >= 0.3 is 0 Å². The van der Waals surface area contributed by atoms with Crippen LogP contribution in [0.25, 0.3) is 0 Å². The minimum atomic E-state index is -0.0406.